The van der Waals surface area contributed by atoms with Crippen LogP contribution < -0.4 is 16.1 Å². The van der Waals surface area contributed by atoms with Gasteiger partial charge in [-0.1, -0.05) is 0 Å². The first-order valence-corrected chi connectivity index (χ1v) is 8.45. The summed E-state index contributed by atoms with van der Waals surface area (Å²) >= 11 is 0. The lowest BCUT2D eigenvalue weighted by molar-refractivity contribution is -0.465. The third kappa shape index (κ3) is 3.69. The molecule has 0 bridgehead atoms. The zero-order valence-electron chi connectivity index (χ0n) is 15.0. The number of nitrogens with zero attached hydrogens (tertiary/aromatic N) is 3. The Labute approximate surface area is 164 Å². The number of ketones is 1. The highest BCUT2D eigenvalue weighted by Crippen LogP contribution is 2.32. The van der Waals surface area contributed by atoms with Crippen LogP contribution in [-0.2, 0) is 6.54 Å². The average Bonchev–Trinajstić information content (AvgIpc) is 3.01. The number of aryl methyl sites for hydroxylation is 1. The number of fused-ring (bicyclic) bond motifs is 1. The zero-order valence-corrected chi connectivity index (χ0v) is 15.8. The molecule has 1 saturated heterocycles. The molecule has 2 aromatic rings. The van der Waals surface area contributed by atoms with Crippen molar-refractivity contribution in [3.8, 4) is 0 Å². The molecule has 1 unspecified atom stereocenters. The van der Waals surface area contributed by atoms with Crippen molar-refractivity contribution in [2.45, 2.75) is 25.9 Å². The predicted molar refractivity (Wildman–Crippen MR) is 102 cm³/mol. The van der Waals surface area contributed by atoms with Crippen LogP contribution in [-0.4, -0.2) is 40.9 Å². The van der Waals surface area contributed by atoms with Crippen molar-refractivity contribution in [1.82, 2.24) is 4.57 Å². The fourth-order valence-corrected chi connectivity index (χ4v) is 3.41. The topological polar surface area (TPSA) is 111 Å². The molecule has 8 nitrogen and oxygen atoms in total. The number of carbonyl (C=O) groups excluding carboxylic acids is 1. The number of nitrogens with two attached hydrogens (primary N) is 1. The smallest absolute Gasteiger partial charge is 0.266 e. The van der Waals surface area contributed by atoms with E-state index in [1.54, 1.807) is 6.92 Å². The van der Waals surface area contributed by atoms with Crippen LogP contribution in [0.25, 0.3) is 10.9 Å². The minimum Gasteiger partial charge on any atom is -0.365 e. The van der Waals surface area contributed by atoms with Gasteiger partial charge in [0.05, 0.1) is 16.5 Å². The molecule has 1 aromatic heterocycles. The maximum atomic E-state index is 15.2. The lowest BCUT2D eigenvalue weighted by atomic mass is 10.1. The van der Waals surface area contributed by atoms with Crippen LogP contribution in [0.15, 0.2) is 17.1 Å². The number of hydrogen-bond donors (Lipinski definition) is 1. The summed E-state index contributed by atoms with van der Waals surface area (Å²) in [5.41, 5.74) is 4.02. The standard InChI is InChI=1S/C17H18F2N4O4.ClH/c1-2-21-7-11(13(24)8-23(26)27)17(25)10-5-12(18)16(14(19)15(10)21)22-4-3-9(20)6-22;/h5,7,9H,2-4,6,8,20H2,1H3;1H. The number of anilines is 1. The third-order valence-corrected chi connectivity index (χ3v) is 4.68. The van der Waals surface area contributed by atoms with Crippen molar-refractivity contribution in [2.24, 2.45) is 5.73 Å². The minimum absolute atomic E-state index is 0. The summed E-state index contributed by atoms with van der Waals surface area (Å²) in [5.74, 6) is -2.86. The molecule has 0 saturated carbocycles. The van der Waals surface area contributed by atoms with Gasteiger partial charge in [0.2, 0.25) is 11.2 Å². The molecule has 1 fully saturated rings. The van der Waals surface area contributed by atoms with E-state index in [0.717, 1.165) is 12.3 Å². The van der Waals surface area contributed by atoms with Crippen molar-refractivity contribution in [3.05, 3.63) is 49.8 Å². The van der Waals surface area contributed by atoms with Gasteiger partial charge in [-0.05, 0) is 19.4 Å². The van der Waals surface area contributed by atoms with Crippen LogP contribution in [0.1, 0.15) is 23.7 Å². The summed E-state index contributed by atoms with van der Waals surface area (Å²) in [7, 11) is 0. The molecule has 1 atom stereocenters. The summed E-state index contributed by atoms with van der Waals surface area (Å²) in [6.07, 6.45) is 1.68. The van der Waals surface area contributed by atoms with Crippen molar-refractivity contribution in [3.63, 3.8) is 0 Å². The van der Waals surface area contributed by atoms with Gasteiger partial charge in [0.25, 0.3) is 6.54 Å². The van der Waals surface area contributed by atoms with Crippen molar-refractivity contribution >= 4 is 34.8 Å². The van der Waals surface area contributed by atoms with Crippen LogP contribution in [0.4, 0.5) is 14.5 Å². The van der Waals surface area contributed by atoms with E-state index in [0.29, 0.717) is 13.0 Å². The highest BCUT2D eigenvalue weighted by Gasteiger charge is 2.29. The first kappa shape index (κ1) is 21.7. The average molecular weight is 417 g/mol. The van der Waals surface area contributed by atoms with E-state index >= 15 is 4.39 Å². The van der Waals surface area contributed by atoms with Crippen LogP contribution in [0.3, 0.4) is 0 Å². The van der Waals surface area contributed by atoms with E-state index in [-0.39, 0.29) is 48.1 Å². The molecule has 2 N–H and O–H groups in total. The SMILES string of the molecule is CCn1cc(C(=O)C[N+](=O)[O-])c(=O)c2cc(F)c(N3CCC(N)C3)c(F)c21.Cl. The van der Waals surface area contributed by atoms with E-state index in [4.69, 9.17) is 5.73 Å². The molecule has 0 spiro atoms. The molecule has 0 aliphatic carbocycles. The van der Waals surface area contributed by atoms with Gasteiger partial charge in [-0.25, -0.2) is 8.78 Å². The molecule has 152 valence electrons. The van der Waals surface area contributed by atoms with E-state index < -0.39 is 39.9 Å². The van der Waals surface area contributed by atoms with Gasteiger partial charge in [0, 0.05) is 36.8 Å². The molecule has 0 amide bonds. The van der Waals surface area contributed by atoms with Crippen LogP contribution in [0, 0.1) is 21.7 Å². The fraction of sp³-hybridized carbons (Fsp3) is 0.412. The highest BCUT2D eigenvalue weighted by molar-refractivity contribution is 6.00. The monoisotopic (exact) mass is 416 g/mol. The molecule has 1 aliphatic heterocycles. The maximum Gasteiger partial charge on any atom is 0.266 e. The number of carbonyl (C=O) groups is 1. The summed E-state index contributed by atoms with van der Waals surface area (Å²) in [5, 5.41) is 10.3. The Bertz CT molecular complexity index is 1010. The third-order valence-electron chi connectivity index (χ3n) is 4.68. The molecular weight excluding hydrogens is 398 g/mol. The van der Waals surface area contributed by atoms with E-state index in [9.17, 15) is 24.1 Å². The Morgan fingerprint density at radius 2 is 2.11 bits per heavy atom. The quantitative estimate of drug-likeness (QED) is 0.451. The summed E-state index contributed by atoms with van der Waals surface area (Å²) in [6.45, 7) is 1.43. The zero-order chi connectivity index (χ0) is 19.9. The van der Waals surface area contributed by atoms with E-state index in [2.05, 4.69) is 0 Å². The highest BCUT2D eigenvalue weighted by atomic mass is 35.5. The number of aromatic nitrogens is 1. The molecule has 2 heterocycles. The predicted octanol–water partition coefficient (Wildman–Crippen LogP) is 1.72. The molecule has 1 aliphatic rings. The van der Waals surface area contributed by atoms with Crippen molar-refractivity contribution in [1.29, 1.82) is 0 Å². The molecule has 11 heteroatoms. The number of nitro groups is 1. The van der Waals surface area contributed by atoms with Gasteiger partial charge in [0.15, 0.2) is 5.82 Å². The second kappa shape index (κ2) is 8.19. The van der Waals surface area contributed by atoms with Crippen LogP contribution in [0.2, 0.25) is 0 Å². The molecular formula is C17H19ClF2N4O4. The number of halogens is 3. The normalized spacial score (nSPS) is 16.3. The van der Waals surface area contributed by atoms with Gasteiger partial charge in [-0.2, -0.15) is 0 Å². The van der Waals surface area contributed by atoms with Crippen molar-refractivity contribution in [2.75, 3.05) is 24.5 Å². The van der Waals surface area contributed by atoms with Gasteiger partial charge in [-0.3, -0.25) is 19.7 Å². The van der Waals surface area contributed by atoms with E-state index in [1.165, 1.54) is 9.47 Å². The summed E-state index contributed by atoms with van der Waals surface area (Å²) < 4.78 is 31.1. The first-order chi connectivity index (χ1) is 12.7. The lowest BCUT2D eigenvalue weighted by Gasteiger charge is -2.22. The van der Waals surface area contributed by atoms with Gasteiger partial charge >= 0.3 is 0 Å². The number of hydrogen-bond acceptors (Lipinski definition) is 6. The summed E-state index contributed by atoms with van der Waals surface area (Å²) in [6, 6.07) is 0.685. The van der Waals surface area contributed by atoms with Crippen LogP contribution in [0.5, 0.6) is 0 Å². The Hall–Kier alpha value is -2.59. The van der Waals surface area contributed by atoms with Crippen LogP contribution >= 0.6 is 12.4 Å². The van der Waals surface area contributed by atoms with E-state index in [1.807, 2.05) is 0 Å². The molecule has 1 aromatic carbocycles. The Balaban J connectivity index is 0.00000280. The number of rotatable bonds is 5. The molecule has 3 rings (SSSR count). The number of benzene rings is 1. The lowest BCUT2D eigenvalue weighted by Crippen LogP contribution is -2.28. The molecule has 28 heavy (non-hydrogen) atoms. The van der Waals surface area contributed by atoms with Gasteiger partial charge < -0.3 is 15.2 Å². The number of Topliss-reactive ketones (excluding diaryl/α,β-unsaturated/α-hetero) is 1. The molecule has 0 radical (unpaired) electrons. The number of pyridine rings is 1. The second-order valence-electron chi connectivity index (χ2n) is 6.48. The fourth-order valence-electron chi connectivity index (χ4n) is 3.41. The van der Waals surface area contributed by atoms with Gasteiger partial charge in [0.1, 0.15) is 11.5 Å². The first-order valence-electron chi connectivity index (χ1n) is 8.45. The Morgan fingerprint density at radius 1 is 1.43 bits per heavy atom. The Morgan fingerprint density at radius 3 is 2.64 bits per heavy atom. The summed E-state index contributed by atoms with van der Waals surface area (Å²) in [4.78, 5) is 35.8. The van der Waals surface area contributed by atoms with Crippen molar-refractivity contribution < 1.29 is 18.5 Å². The Kier molecular flexibility index (Phi) is 6.35. The second-order valence-corrected chi connectivity index (χ2v) is 6.48. The largest absolute Gasteiger partial charge is 0.365 e. The minimum atomic E-state index is -1.07. The maximum absolute atomic E-state index is 15.2. The van der Waals surface area contributed by atoms with Gasteiger partial charge in [-0.15, -0.1) is 12.4 Å².